The van der Waals surface area contributed by atoms with Gasteiger partial charge in [-0.1, -0.05) is 35.4 Å². The van der Waals surface area contributed by atoms with E-state index in [0.717, 1.165) is 18.4 Å². The fourth-order valence-electron chi connectivity index (χ4n) is 2.63. The van der Waals surface area contributed by atoms with E-state index >= 15 is 0 Å². The minimum atomic E-state index is -0.367. The number of carbonyl (C=O) groups is 1. The van der Waals surface area contributed by atoms with E-state index in [1.807, 2.05) is 30.3 Å². The normalized spacial score (nSPS) is 19.2. The number of nitrogens with zero attached hydrogens (tertiary/aromatic N) is 4. The molecule has 0 saturated carbocycles. The maximum Gasteiger partial charge on any atom is 0.410 e. The highest BCUT2D eigenvalue weighted by Gasteiger charge is 2.35. The summed E-state index contributed by atoms with van der Waals surface area (Å²) < 4.78 is 5.07. The quantitative estimate of drug-likeness (QED) is 0.477. The number of hydrogen-bond acceptors (Lipinski definition) is 3. The molecule has 1 fully saturated rings. The molecule has 0 spiro atoms. The Morgan fingerprint density at radius 2 is 2.30 bits per heavy atom. The average Bonchev–Trinajstić information content (AvgIpc) is 2.95. The van der Waals surface area contributed by atoms with E-state index in [1.54, 1.807) is 11.8 Å². The number of likely N-dealkylation sites (tertiary alicyclic amines) is 1. The Morgan fingerprint density at radius 3 is 2.95 bits per heavy atom. The maximum absolute atomic E-state index is 12.0. The van der Waals surface area contributed by atoms with Crippen molar-refractivity contribution in [2.75, 3.05) is 13.2 Å². The Kier molecular flexibility index (Phi) is 4.85. The largest absolute Gasteiger partial charge is 0.450 e. The fraction of sp³-hybridized carbons (Fsp3) is 0.500. The maximum atomic E-state index is 12.0. The Balaban J connectivity index is 2.24. The standard InChI is InChI=1S/C14H18N4O2/c1-2-20-14(19)18-10-6-9-12(18)13(16-17-15)11-7-4-3-5-8-11/h3-5,7-8,12-13H,2,6,9-10H2,1H3. The summed E-state index contributed by atoms with van der Waals surface area (Å²) in [5.74, 6) is 0. The second-order valence-corrected chi connectivity index (χ2v) is 4.66. The van der Waals surface area contributed by atoms with Crippen LogP contribution >= 0.6 is 0 Å². The molecule has 1 aliphatic rings. The molecule has 1 saturated heterocycles. The molecular weight excluding hydrogens is 256 g/mol. The Morgan fingerprint density at radius 1 is 1.55 bits per heavy atom. The fourth-order valence-corrected chi connectivity index (χ4v) is 2.63. The molecule has 1 aliphatic heterocycles. The lowest BCUT2D eigenvalue weighted by Crippen LogP contribution is -2.39. The third-order valence-electron chi connectivity index (χ3n) is 3.48. The number of azide groups is 1. The molecule has 0 bridgehead atoms. The van der Waals surface area contributed by atoms with E-state index in [-0.39, 0.29) is 18.2 Å². The monoisotopic (exact) mass is 274 g/mol. The molecule has 106 valence electrons. The van der Waals surface area contributed by atoms with Crippen LogP contribution in [0.2, 0.25) is 0 Å². The molecular formula is C14H18N4O2. The van der Waals surface area contributed by atoms with Crippen molar-refractivity contribution in [1.82, 2.24) is 4.90 Å². The van der Waals surface area contributed by atoms with Gasteiger partial charge < -0.3 is 9.64 Å². The smallest absolute Gasteiger partial charge is 0.410 e. The van der Waals surface area contributed by atoms with Crippen LogP contribution in [0.15, 0.2) is 35.4 Å². The van der Waals surface area contributed by atoms with Crippen molar-refractivity contribution in [1.29, 1.82) is 0 Å². The molecule has 2 unspecified atom stereocenters. The Bertz CT molecular complexity index is 499. The van der Waals surface area contributed by atoms with Gasteiger partial charge in [-0.3, -0.25) is 0 Å². The van der Waals surface area contributed by atoms with Crippen LogP contribution in [-0.4, -0.2) is 30.2 Å². The van der Waals surface area contributed by atoms with Gasteiger partial charge in [-0.25, -0.2) is 4.79 Å². The molecule has 1 aromatic carbocycles. The summed E-state index contributed by atoms with van der Waals surface area (Å²) in [6.07, 6.45) is 1.38. The molecule has 1 aromatic rings. The lowest BCUT2D eigenvalue weighted by atomic mass is 9.98. The highest BCUT2D eigenvalue weighted by atomic mass is 16.6. The zero-order valence-corrected chi connectivity index (χ0v) is 11.5. The SMILES string of the molecule is CCOC(=O)N1CCCC1C(N=[N+]=[N-])c1ccccc1. The first-order chi connectivity index (χ1) is 9.77. The summed E-state index contributed by atoms with van der Waals surface area (Å²) in [4.78, 5) is 16.6. The van der Waals surface area contributed by atoms with E-state index < -0.39 is 0 Å². The summed E-state index contributed by atoms with van der Waals surface area (Å²) in [5.41, 5.74) is 9.73. The van der Waals surface area contributed by atoms with Gasteiger partial charge in [0, 0.05) is 17.5 Å². The highest BCUT2D eigenvalue weighted by molar-refractivity contribution is 5.68. The van der Waals surface area contributed by atoms with Crippen molar-refractivity contribution in [3.63, 3.8) is 0 Å². The van der Waals surface area contributed by atoms with Crippen molar-refractivity contribution >= 4 is 6.09 Å². The van der Waals surface area contributed by atoms with Crippen LogP contribution in [0, 0.1) is 0 Å². The molecule has 0 radical (unpaired) electrons. The predicted molar refractivity (Wildman–Crippen MR) is 75.1 cm³/mol. The number of benzene rings is 1. The Labute approximate surface area is 118 Å². The van der Waals surface area contributed by atoms with Crippen LogP contribution in [0.25, 0.3) is 10.4 Å². The van der Waals surface area contributed by atoms with Crippen molar-refractivity contribution in [3.8, 4) is 0 Å². The van der Waals surface area contributed by atoms with Crippen LogP contribution in [0.1, 0.15) is 31.4 Å². The number of ether oxygens (including phenoxy) is 1. The molecule has 0 aromatic heterocycles. The van der Waals surface area contributed by atoms with Gasteiger partial charge >= 0.3 is 6.09 Å². The topological polar surface area (TPSA) is 78.3 Å². The van der Waals surface area contributed by atoms with Gasteiger partial charge in [-0.15, -0.1) is 0 Å². The summed E-state index contributed by atoms with van der Waals surface area (Å²) in [7, 11) is 0. The van der Waals surface area contributed by atoms with Crippen molar-refractivity contribution in [3.05, 3.63) is 46.3 Å². The van der Waals surface area contributed by atoms with Gasteiger partial charge in [-0.2, -0.15) is 0 Å². The minimum Gasteiger partial charge on any atom is -0.450 e. The molecule has 20 heavy (non-hydrogen) atoms. The first-order valence-electron chi connectivity index (χ1n) is 6.80. The molecule has 1 heterocycles. The minimum absolute atomic E-state index is 0.132. The summed E-state index contributed by atoms with van der Waals surface area (Å²) in [5, 5.41) is 3.90. The summed E-state index contributed by atoms with van der Waals surface area (Å²) >= 11 is 0. The molecule has 2 atom stereocenters. The van der Waals surface area contributed by atoms with E-state index in [0.29, 0.717) is 13.2 Å². The van der Waals surface area contributed by atoms with Crippen molar-refractivity contribution < 1.29 is 9.53 Å². The van der Waals surface area contributed by atoms with Gasteiger partial charge in [0.2, 0.25) is 0 Å². The number of amides is 1. The van der Waals surface area contributed by atoms with E-state index in [2.05, 4.69) is 10.0 Å². The first kappa shape index (κ1) is 14.2. The van der Waals surface area contributed by atoms with Crippen LogP contribution in [0.3, 0.4) is 0 Å². The van der Waals surface area contributed by atoms with Crippen LogP contribution in [0.5, 0.6) is 0 Å². The zero-order chi connectivity index (χ0) is 14.4. The predicted octanol–water partition coefficient (Wildman–Crippen LogP) is 3.66. The van der Waals surface area contributed by atoms with E-state index in [9.17, 15) is 4.79 Å². The second kappa shape index (κ2) is 6.82. The number of rotatable bonds is 4. The molecule has 1 amide bonds. The Hall–Kier alpha value is -2.20. The van der Waals surface area contributed by atoms with Crippen LogP contribution < -0.4 is 0 Å². The molecule has 2 rings (SSSR count). The van der Waals surface area contributed by atoms with Crippen molar-refractivity contribution in [2.24, 2.45) is 5.11 Å². The summed E-state index contributed by atoms with van der Waals surface area (Å²) in [6.45, 7) is 2.78. The van der Waals surface area contributed by atoms with Crippen LogP contribution in [0.4, 0.5) is 4.79 Å². The van der Waals surface area contributed by atoms with Gasteiger partial charge in [0.25, 0.3) is 0 Å². The third-order valence-corrected chi connectivity index (χ3v) is 3.48. The van der Waals surface area contributed by atoms with Crippen LogP contribution in [-0.2, 0) is 4.74 Å². The van der Waals surface area contributed by atoms with E-state index in [4.69, 9.17) is 10.3 Å². The average molecular weight is 274 g/mol. The van der Waals surface area contributed by atoms with Gasteiger partial charge in [-0.05, 0) is 30.9 Å². The zero-order valence-electron chi connectivity index (χ0n) is 11.5. The second-order valence-electron chi connectivity index (χ2n) is 4.66. The summed E-state index contributed by atoms with van der Waals surface area (Å²) in [6, 6.07) is 9.05. The lowest BCUT2D eigenvalue weighted by molar-refractivity contribution is 0.0983. The molecule has 0 N–H and O–H groups in total. The van der Waals surface area contributed by atoms with Gasteiger partial charge in [0.15, 0.2) is 0 Å². The number of carbonyl (C=O) groups excluding carboxylic acids is 1. The number of hydrogen-bond donors (Lipinski definition) is 0. The lowest BCUT2D eigenvalue weighted by Gasteiger charge is -2.28. The highest BCUT2D eigenvalue weighted by Crippen LogP contribution is 2.32. The first-order valence-corrected chi connectivity index (χ1v) is 6.80. The third kappa shape index (κ3) is 3.03. The molecule has 0 aliphatic carbocycles. The van der Waals surface area contributed by atoms with E-state index in [1.165, 1.54) is 0 Å². The van der Waals surface area contributed by atoms with Gasteiger partial charge in [0.1, 0.15) is 0 Å². The van der Waals surface area contributed by atoms with Crippen molar-refractivity contribution in [2.45, 2.75) is 31.8 Å². The molecule has 6 heteroatoms. The molecule has 6 nitrogen and oxygen atoms in total. The van der Waals surface area contributed by atoms with Gasteiger partial charge in [0.05, 0.1) is 12.6 Å².